The standard InChI is InChI=1S/C13H13N3O3S/c1-9(10-3-2-5-14-7-10)16-6-4-11(17)15-13(16)20-8-12(18)19/h2-7,9H,8H2,1H3,(H,18,19). The second-order valence-electron chi connectivity index (χ2n) is 4.10. The highest BCUT2D eigenvalue weighted by Crippen LogP contribution is 2.22. The predicted molar refractivity (Wildman–Crippen MR) is 74.9 cm³/mol. The van der Waals surface area contributed by atoms with Gasteiger partial charge in [0.15, 0.2) is 5.16 Å². The summed E-state index contributed by atoms with van der Waals surface area (Å²) < 4.78 is 1.77. The van der Waals surface area contributed by atoms with Crippen LogP contribution in [0, 0.1) is 0 Å². The van der Waals surface area contributed by atoms with Gasteiger partial charge in [0, 0.05) is 24.7 Å². The van der Waals surface area contributed by atoms with Gasteiger partial charge in [-0.1, -0.05) is 17.8 Å². The van der Waals surface area contributed by atoms with Gasteiger partial charge in [-0.25, -0.2) is 0 Å². The molecule has 0 aromatic carbocycles. The maximum atomic E-state index is 11.3. The van der Waals surface area contributed by atoms with Crippen LogP contribution < -0.4 is 5.56 Å². The summed E-state index contributed by atoms with van der Waals surface area (Å²) in [4.78, 5) is 29.9. The van der Waals surface area contributed by atoms with Crippen LogP contribution in [-0.4, -0.2) is 31.4 Å². The maximum absolute atomic E-state index is 11.3. The van der Waals surface area contributed by atoms with E-state index >= 15 is 0 Å². The molecule has 2 heterocycles. The van der Waals surface area contributed by atoms with Crippen LogP contribution in [0.3, 0.4) is 0 Å². The van der Waals surface area contributed by atoms with Crippen LogP contribution in [0.25, 0.3) is 0 Å². The summed E-state index contributed by atoms with van der Waals surface area (Å²) in [5.41, 5.74) is 0.572. The lowest BCUT2D eigenvalue weighted by molar-refractivity contribution is -0.133. The van der Waals surface area contributed by atoms with Gasteiger partial charge in [0.1, 0.15) is 0 Å². The van der Waals surface area contributed by atoms with Crippen LogP contribution in [0.1, 0.15) is 18.5 Å². The molecule has 2 rings (SSSR count). The SMILES string of the molecule is CC(c1cccnc1)n1ccc(=O)nc1SCC(=O)O. The first kappa shape index (κ1) is 14.3. The lowest BCUT2D eigenvalue weighted by atomic mass is 10.1. The van der Waals surface area contributed by atoms with E-state index in [9.17, 15) is 9.59 Å². The molecular weight excluding hydrogens is 278 g/mol. The monoisotopic (exact) mass is 291 g/mol. The Hall–Kier alpha value is -2.15. The Morgan fingerprint density at radius 1 is 1.50 bits per heavy atom. The fourth-order valence-corrected chi connectivity index (χ4v) is 2.48. The molecule has 1 N–H and O–H groups in total. The highest BCUT2D eigenvalue weighted by atomic mass is 32.2. The van der Waals surface area contributed by atoms with Crippen LogP contribution in [0.4, 0.5) is 0 Å². The number of carboxylic acid groups (broad SMARTS) is 1. The van der Waals surface area contributed by atoms with Crippen LogP contribution in [0.15, 0.2) is 46.7 Å². The topological polar surface area (TPSA) is 85.1 Å². The average molecular weight is 291 g/mol. The van der Waals surface area contributed by atoms with E-state index in [2.05, 4.69) is 9.97 Å². The van der Waals surface area contributed by atoms with Gasteiger partial charge in [0.2, 0.25) is 0 Å². The lowest BCUT2D eigenvalue weighted by Gasteiger charge is -2.18. The Morgan fingerprint density at radius 3 is 2.95 bits per heavy atom. The van der Waals surface area contributed by atoms with Crippen molar-refractivity contribution in [3.63, 3.8) is 0 Å². The van der Waals surface area contributed by atoms with Crippen molar-refractivity contribution in [1.82, 2.24) is 14.5 Å². The number of carbonyl (C=O) groups is 1. The second-order valence-corrected chi connectivity index (χ2v) is 5.04. The number of aromatic nitrogens is 3. The van der Waals surface area contributed by atoms with Gasteiger partial charge in [-0.05, 0) is 18.6 Å². The van der Waals surface area contributed by atoms with Gasteiger partial charge in [-0.2, -0.15) is 4.98 Å². The summed E-state index contributed by atoms with van der Waals surface area (Å²) in [6.45, 7) is 1.94. The van der Waals surface area contributed by atoms with Gasteiger partial charge in [-0.15, -0.1) is 0 Å². The van der Waals surface area contributed by atoms with E-state index in [0.717, 1.165) is 17.3 Å². The molecule has 104 valence electrons. The molecule has 2 aromatic heterocycles. The molecule has 20 heavy (non-hydrogen) atoms. The normalized spacial score (nSPS) is 12.1. The molecule has 2 aromatic rings. The van der Waals surface area contributed by atoms with Crippen molar-refractivity contribution in [2.24, 2.45) is 0 Å². The van der Waals surface area contributed by atoms with Crippen LogP contribution in [0.2, 0.25) is 0 Å². The smallest absolute Gasteiger partial charge is 0.313 e. The highest BCUT2D eigenvalue weighted by Gasteiger charge is 2.13. The van der Waals surface area contributed by atoms with Crippen molar-refractivity contribution >= 4 is 17.7 Å². The molecule has 0 aliphatic rings. The molecule has 0 amide bonds. The van der Waals surface area contributed by atoms with Crippen molar-refractivity contribution < 1.29 is 9.90 Å². The van der Waals surface area contributed by atoms with Crippen molar-refractivity contribution in [2.75, 3.05) is 5.75 Å². The minimum atomic E-state index is -0.950. The number of carboxylic acids is 1. The average Bonchev–Trinajstić information content (AvgIpc) is 2.45. The molecule has 6 nitrogen and oxygen atoms in total. The fraction of sp³-hybridized carbons (Fsp3) is 0.231. The largest absolute Gasteiger partial charge is 0.481 e. The molecule has 7 heteroatoms. The Bertz CT molecular complexity index is 657. The number of rotatable bonds is 5. The van der Waals surface area contributed by atoms with E-state index < -0.39 is 5.97 Å². The molecule has 0 bridgehead atoms. The molecule has 0 saturated heterocycles. The number of hydrogen-bond acceptors (Lipinski definition) is 5. The minimum Gasteiger partial charge on any atom is -0.481 e. The molecule has 0 spiro atoms. The van der Waals surface area contributed by atoms with Gasteiger partial charge in [0.25, 0.3) is 5.56 Å². The van der Waals surface area contributed by atoms with Crippen molar-refractivity contribution in [1.29, 1.82) is 0 Å². The second kappa shape index (κ2) is 6.33. The third-order valence-electron chi connectivity index (χ3n) is 2.71. The molecule has 0 fully saturated rings. The van der Waals surface area contributed by atoms with Crippen molar-refractivity contribution in [3.05, 3.63) is 52.7 Å². The van der Waals surface area contributed by atoms with E-state index in [1.54, 1.807) is 23.2 Å². The van der Waals surface area contributed by atoms with Gasteiger partial charge < -0.3 is 9.67 Å². The fourth-order valence-electron chi connectivity index (χ4n) is 1.71. The number of thioether (sulfide) groups is 1. The van der Waals surface area contributed by atoms with E-state index in [-0.39, 0.29) is 17.4 Å². The third kappa shape index (κ3) is 3.45. The number of aliphatic carboxylic acids is 1. The van der Waals surface area contributed by atoms with E-state index in [1.807, 2.05) is 19.1 Å². The summed E-state index contributed by atoms with van der Waals surface area (Å²) in [5, 5.41) is 9.13. The predicted octanol–water partition coefficient (Wildman–Crippen LogP) is 1.42. The Kier molecular flexibility index (Phi) is 4.52. The van der Waals surface area contributed by atoms with E-state index in [0.29, 0.717) is 5.16 Å². The van der Waals surface area contributed by atoms with Crippen molar-refractivity contribution in [2.45, 2.75) is 18.1 Å². The molecule has 1 unspecified atom stereocenters. The van der Waals surface area contributed by atoms with Crippen LogP contribution in [0.5, 0.6) is 0 Å². The molecule has 0 aliphatic heterocycles. The first-order valence-corrected chi connectivity index (χ1v) is 6.90. The lowest BCUT2D eigenvalue weighted by Crippen LogP contribution is -2.17. The summed E-state index contributed by atoms with van der Waals surface area (Å²) in [6.07, 6.45) is 5.03. The van der Waals surface area contributed by atoms with E-state index in [4.69, 9.17) is 5.11 Å². The van der Waals surface area contributed by atoms with Crippen LogP contribution in [-0.2, 0) is 4.79 Å². The summed E-state index contributed by atoms with van der Waals surface area (Å²) >= 11 is 1.02. The molecule has 0 saturated carbocycles. The first-order chi connectivity index (χ1) is 9.58. The molecule has 1 atom stereocenters. The van der Waals surface area contributed by atoms with Gasteiger partial charge in [0.05, 0.1) is 11.8 Å². The third-order valence-corrected chi connectivity index (χ3v) is 3.66. The maximum Gasteiger partial charge on any atom is 0.313 e. The highest BCUT2D eigenvalue weighted by molar-refractivity contribution is 7.99. The zero-order chi connectivity index (χ0) is 14.5. The molecule has 0 aliphatic carbocycles. The Labute approximate surface area is 119 Å². The van der Waals surface area contributed by atoms with Crippen LogP contribution >= 0.6 is 11.8 Å². The Balaban J connectivity index is 2.35. The molecular formula is C13H13N3O3S. The van der Waals surface area contributed by atoms with E-state index in [1.165, 1.54) is 6.07 Å². The quantitative estimate of drug-likeness (QED) is 0.662. The van der Waals surface area contributed by atoms with Gasteiger partial charge >= 0.3 is 5.97 Å². The number of nitrogens with zero attached hydrogens (tertiary/aromatic N) is 3. The summed E-state index contributed by atoms with van der Waals surface area (Å²) in [6, 6.07) is 5.01. The van der Waals surface area contributed by atoms with Crippen molar-refractivity contribution in [3.8, 4) is 0 Å². The first-order valence-electron chi connectivity index (χ1n) is 5.91. The summed E-state index contributed by atoms with van der Waals surface area (Å²) in [7, 11) is 0. The summed E-state index contributed by atoms with van der Waals surface area (Å²) in [5.74, 6) is -1.09. The molecule has 0 radical (unpaired) electrons. The van der Waals surface area contributed by atoms with Gasteiger partial charge in [-0.3, -0.25) is 14.6 Å². The number of pyridine rings is 1. The minimum absolute atomic E-state index is 0.0897. The zero-order valence-electron chi connectivity index (χ0n) is 10.8. The zero-order valence-corrected chi connectivity index (χ0v) is 11.6. The number of hydrogen-bond donors (Lipinski definition) is 1. The Morgan fingerprint density at radius 2 is 2.30 bits per heavy atom.